The molecule has 1 fully saturated rings. The highest BCUT2D eigenvalue weighted by molar-refractivity contribution is 5.29. The van der Waals surface area contributed by atoms with E-state index in [0.29, 0.717) is 12.0 Å². The van der Waals surface area contributed by atoms with Crippen molar-refractivity contribution in [2.45, 2.75) is 51.7 Å². The Bertz CT molecular complexity index is 388. The molecule has 0 aromatic heterocycles. The first-order valence-corrected chi connectivity index (χ1v) is 7.49. The van der Waals surface area contributed by atoms with Gasteiger partial charge in [0.05, 0.1) is 0 Å². The second-order valence-corrected chi connectivity index (χ2v) is 5.42. The standard InChI is InChI=1S/C16H23F2NO/c1-2-11-19-15(12-5-3-4-6-12)13-7-9-14(10-8-13)20-16(17)18/h7-10,12,15-16,19H,2-6,11H2,1H3. The molecule has 4 heteroatoms. The van der Waals surface area contributed by atoms with Crippen molar-refractivity contribution in [2.24, 2.45) is 5.92 Å². The van der Waals surface area contributed by atoms with Gasteiger partial charge in [0.1, 0.15) is 5.75 Å². The van der Waals surface area contributed by atoms with Crippen molar-refractivity contribution in [3.8, 4) is 5.75 Å². The molecule has 1 aliphatic carbocycles. The molecule has 1 saturated carbocycles. The van der Waals surface area contributed by atoms with Crippen LogP contribution in [0.2, 0.25) is 0 Å². The number of halogens is 2. The monoisotopic (exact) mass is 283 g/mol. The first kappa shape index (κ1) is 15.2. The maximum absolute atomic E-state index is 12.2. The molecular weight excluding hydrogens is 260 g/mol. The second kappa shape index (κ2) is 7.58. The third kappa shape index (κ3) is 4.17. The summed E-state index contributed by atoms with van der Waals surface area (Å²) in [6.45, 7) is 0.374. The molecule has 2 rings (SSSR count). The summed E-state index contributed by atoms with van der Waals surface area (Å²) < 4.78 is 28.7. The SMILES string of the molecule is CCCNC(c1ccc(OC(F)F)cc1)C1CCCC1. The maximum atomic E-state index is 12.2. The van der Waals surface area contributed by atoms with Crippen molar-refractivity contribution < 1.29 is 13.5 Å². The molecular formula is C16H23F2NO. The Balaban J connectivity index is 2.06. The zero-order valence-corrected chi connectivity index (χ0v) is 11.9. The fourth-order valence-corrected chi connectivity index (χ4v) is 3.00. The zero-order chi connectivity index (χ0) is 14.4. The van der Waals surface area contributed by atoms with Gasteiger partial charge in [-0.1, -0.05) is 31.9 Å². The van der Waals surface area contributed by atoms with Gasteiger partial charge in [-0.15, -0.1) is 0 Å². The van der Waals surface area contributed by atoms with Crippen LogP contribution in [-0.4, -0.2) is 13.2 Å². The van der Waals surface area contributed by atoms with Crippen molar-refractivity contribution in [1.29, 1.82) is 0 Å². The predicted molar refractivity (Wildman–Crippen MR) is 76.1 cm³/mol. The lowest BCUT2D eigenvalue weighted by atomic mass is 9.91. The summed E-state index contributed by atoms with van der Waals surface area (Å²) in [5, 5.41) is 3.60. The molecule has 0 heterocycles. The smallest absolute Gasteiger partial charge is 0.387 e. The first-order valence-electron chi connectivity index (χ1n) is 7.49. The molecule has 1 unspecified atom stereocenters. The van der Waals surface area contributed by atoms with E-state index in [9.17, 15) is 8.78 Å². The van der Waals surface area contributed by atoms with Crippen molar-refractivity contribution >= 4 is 0 Å². The molecule has 1 aliphatic rings. The van der Waals surface area contributed by atoms with Gasteiger partial charge in [0, 0.05) is 6.04 Å². The minimum atomic E-state index is -2.76. The lowest BCUT2D eigenvalue weighted by Crippen LogP contribution is -2.27. The first-order chi connectivity index (χ1) is 9.70. The Hall–Kier alpha value is -1.16. The normalized spacial score (nSPS) is 17.6. The molecule has 0 bridgehead atoms. The molecule has 0 saturated heterocycles. The van der Waals surface area contributed by atoms with Crippen LogP contribution in [0.3, 0.4) is 0 Å². The summed E-state index contributed by atoms with van der Waals surface area (Å²) in [7, 11) is 0. The van der Waals surface area contributed by atoms with Crippen LogP contribution in [0, 0.1) is 5.92 Å². The van der Waals surface area contributed by atoms with E-state index in [1.807, 2.05) is 12.1 Å². The maximum Gasteiger partial charge on any atom is 0.387 e. The zero-order valence-electron chi connectivity index (χ0n) is 11.9. The van der Waals surface area contributed by atoms with Crippen LogP contribution in [0.15, 0.2) is 24.3 Å². The Kier molecular flexibility index (Phi) is 5.77. The van der Waals surface area contributed by atoms with Crippen molar-refractivity contribution in [3.63, 3.8) is 0 Å². The van der Waals surface area contributed by atoms with E-state index in [0.717, 1.165) is 13.0 Å². The molecule has 1 atom stereocenters. The predicted octanol–water partition coefficient (Wildman–Crippen LogP) is 4.52. The van der Waals surface area contributed by atoms with E-state index >= 15 is 0 Å². The van der Waals surface area contributed by atoms with Gasteiger partial charge in [-0.3, -0.25) is 0 Å². The Morgan fingerprint density at radius 3 is 2.40 bits per heavy atom. The summed E-state index contributed by atoms with van der Waals surface area (Å²) in [6, 6.07) is 7.42. The number of ether oxygens (including phenoxy) is 1. The summed E-state index contributed by atoms with van der Waals surface area (Å²) in [6.07, 6.45) is 6.17. The van der Waals surface area contributed by atoms with E-state index in [1.165, 1.54) is 31.2 Å². The van der Waals surface area contributed by atoms with Crippen LogP contribution in [0.5, 0.6) is 5.75 Å². The van der Waals surface area contributed by atoms with E-state index < -0.39 is 6.61 Å². The molecule has 0 aliphatic heterocycles. The van der Waals surface area contributed by atoms with Gasteiger partial charge in [-0.25, -0.2) is 0 Å². The highest BCUT2D eigenvalue weighted by atomic mass is 19.3. The molecule has 112 valence electrons. The lowest BCUT2D eigenvalue weighted by Gasteiger charge is -2.25. The number of benzene rings is 1. The van der Waals surface area contributed by atoms with Gasteiger partial charge in [0.15, 0.2) is 0 Å². The van der Waals surface area contributed by atoms with E-state index in [1.54, 1.807) is 12.1 Å². The van der Waals surface area contributed by atoms with Crippen LogP contribution in [0.25, 0.3) is 0 Å². The third-order valence-corrected chi connectivity index (χ3v) is 3.95. The second-order valence-electron chi connectivity index (χ2n) is 5.42. The third-order valence-electron chi connectivity index (χ3n) is 3.95. The van der Waals surface area contributed by atoms with Gasteiger partial charge in [-0.2, -0.15) is 8.78 Å². The van der Waals surface area contributed by atoms with Crippen molar-refractivity contribution in [2.75, 3.05) is 6.54 Å². The molecule has 1 N–H and O–H groups in total. The summed E-state index contributed by atoms with van der Waals surface area (Å²) in [5.74, 6) is 0.882. The van der Waals surface area contributed by atoms with Gasteiger partial charge in [-0.05, 0) is 49.4 Å². The molecule has 1 aromatic carbocycles. The molecule has 0 amide bonds. The van der Waals surface area contributed by atoms with Gasteiger partial charge in [0.2, 0.25) is 0 Å². The molecule has 0 spiro atoms. The molecule has 2 nitrogen and oxygen atoms in total. The van der Waals surface area contributed by atoms with E-state index in [4.69, 9.17) is 0 Å². The number of rotatable bonds is 7. The van der Waals surface area contributed by atoms with Crippen LogP contribution in [0.4, 0.5) is 8.78 Å². The van der Waals surface area contributed by atoms with Gasteiger partial charge in [0.25, 0.3) is 0 Å². The topological polar surface area (TPSA) is 21.3 Å². The highest BCUT2D eigenvalue weighted by Gasteiger charge is 2.25. The van der Waals surface area contributed by atoms with Crippen LogP contribution < -0.4 is 10.1 Å². The number of nitrogens with one attached hydrogen (secondary N) is 1. The minimum Gasteiger partial charge on any atom is -0.435 e. The van der Waals surface area contributed by atoms with Crippen LogP contribution in [-0.2, 0) is 0 Å². The molecule has 20 heavy (non-hydrogen) atoms. The van der Waals surface area contributed by atoms with Crippen molar-refractivity contribution in [1.82, 2.24) is 5.32 Å². The Morgan fingerprint density at radius 2 is 1.85 bits per heavy atom. The Labute approximate surface area is 119 Å². The highest BCUT2D eigenvalue weighted by Crippen LogP contribution is 2.36. The summed E-state index contributed by atoms with van der Waals surface area (Å²) in [5.41, 5.74) is 1.17. The van der Waals surface area contributed by atoms with E-state index in [2.05, 4.69) is 17.0 Å². The summed E-state index contributed by atoms with van der Waals surface area (Å²) >= 11 is 0. The fraction of sp³-hybridized carbons (Fsp3) is 0.625. The van der Waals surface area contributed by atoms with Gasteiger partial charge >= 0.3 is 6.61 Å². The Morgan fingerprint density at radius 1 is 1.20 bits per heavy atom. The largest absolute Gasteiger partial charge is 0.435 e. The minimum absolute atomic E-state index is 0.226. The fourth-order valence-electron chi connectivity index (χ4n) is 3.00. The number of hydrogen-bond acceptors (Lipinski definition) is 2. The lowest BCUT2D eigenvalue weighted by molar-refractivity contribution is -0.0498. The van der Waals surface area contributed by atoms with E-state index in [-0.39, 0.29) is 5.75 Å². The van der Waals surface area contributed by atoms with Gasteiger partial charge < -0.3 is 10.1 Å². The number of alkyl halides is 2. The van der Waals surface area contributed by atoms with Crippen molar-refractivity contribution in [3.05, 3.63) is 29.8 Å². The van der Waals surface area contributed by atoms with Crippen LogP contribution in [0.1, 0.15) is 50.6 Å². The molecule has 1 aromatic rings. The molecule has 0 radical (unpaired) electrons. The number of hydrogen-bond donors (Lipinski definition) is 1. The summed E-state index contributed by atoms with van der Waals surface area (Å²) in [4.78, 5) is 0. The average Bonchev–Trinajstić information content (AvgIpc) is 2.94. The quantitative estimate of drug-likeness (QED) is 0.794. The van der Waals surface area contributed by atoms with Crippen LogP contribution >= 0.6 is 0 Å². The average molecular weight is 283 g/mol.